The van der Waals surface area contributed by atoms with Crippen molar-refractivity contribution >= 4 is 11.7 Å². The molecule has 2 fully saturated rings. The van der Waals surface area contributed by atoms with E-state index in [1.165, 1.54) is 12.8 Å². The first kappa shape index (κ1) is 12.2. The van der Waals surface area contributed by atoms with Gasteiger partial charge in [-0.05, 0) is 25.7 Å². The molecule has 1 unspecified atom stereocenters. The van der Waals surface area contributed by atoms with E-state index in [1.54, 1.807) is 0 Å². The van der Waals surface area contributed by atoms with Gasteiger partial charge >= 0.3 is 0 Å². The molecule has 3 N–H and O–H groups in total. The summed E-state index contributed by atoms with van der Waals surface area (Å²) in [7, 11) is 0. The zero-order valence-corrected chi connectivity index (χ0v) is 10.1. The minimum Gasteiger partial charge on any atom is -0.409 e. The minimum absolute atomic E-state index is 0.0269. The number of nitrogens with zero attached hydrogens (tertiary/aromatic N) is 2. The van der Waals surface area contributed by atoms with E-state index in [0.717, 1.165) is 32.2 Å². The SMILES string of the molecule is NC(=NO)C1CCCN(C(=O)C2CCCC2)C1. The maximum absolute atomic E-state index is 12.2. The lowest BCUT2D eigenvalue weighted by molar-refractivity contribution is -0.136. The van der Waals surface area contributed by atoms with Crippen molar-refractivity contribution in [1.29, 1.82) is 0 Å². The molecule has 1 atom stereocenters. The van der Waals surface area contributed by atoms with E-state index < -0.39 is 0 Å². The molecule has 1 saturated heterocycles. The summed E-state index contributed by atoms with van der Waals surface area (Å²) in [5.74, 6) is 0.784. The highest BCUT2D eigenvalue weighted by Gasteiger charge is 2.31. The Kier molecular flexibility index (Phi) is 3.86. The predicted molar refractivity (Wildman–Crippen MR) is 64.7 cm³/mol. The van der Waals surface area contributed by atoms with Crippen molar-refractivity contribution in [2.75, 3.05) is 13.1 Å². The van der Waals surface area contributed by atoms with E-state index in [4.69, 9.17) is 10.9 Å². The third-order valence-corrected chi connectivity index (χ3v) is 3.97. The molecule has 2 aliphatic rings. The Hall–Kier alpha value is -1.26. The van der Waals surface area contributed by atoms with Crippen LogP contribution in [0.25, 0.3) is 0 Å². The first-order chi connectivity index (χ1) is 8.22. The topological polar surface area (TPSA) is 78.9 Å². The highest BCUT2D eigenvalue weighted by Crippen LogP contribution is 2.28. The van der Waals surface area contributed by atoms with Crippen LogP contribution in [0.2, 0.25) is 0 Å². The number of rotatable bonds is 2. The number of oxime groups is 1. The third kappa shape index (κ3) is 2.70. The van der Waals surface area contributed by atoms with Crippen molar-refractivity contribution in [3.05, 3.63) is 0 Å². The Morgan fingerprint density at radius 3 is 2.47 bits per heavy atom. The highest BCUT2D eigenvalue weighted by molar-refractivity contribution is 5.84. The average Bonchev–Trinajstić information content (AvgIpc) is 2.91. The van der Waals surface area contributed by atoms with Crippen LogP contribution in [-0.4, -0.2) is 34.9 Å². The second-order valence-electron chi connectivity index (χ2n) is 5.13. The summed E-state index contributed by atoms with van der Waals surface area (Å²) in [6, 6.07) is 0. The number of carbonyl (C=O) groups excluding carboxylic acids is 1. The zero-order valence-electron chi connectivity index (χ0n) is 10.1. The number of nitrogens with two attached hydrogens (primary N) is 1. The van der Waals surface area contributed by atoms with E-state index in [-0.39, 0.29) is 23.6 Å². The summed E-state index contributed by atoms with van der Waals surface area (Å²) in [5.41, 5.74) is 5.63. The number of amides is 1. The minimum atomic E-state index is 0.0269. The smallest absolute Gasteiger partial charge is 0.225 e. The normalized spacial score (nSPS) is 27.4. The molecule has 96 valence electrons. The van der Waals surface area contributed by atoms with Gasteiger partial charge in [0.15, 0.2) is 0 Å². The fraction of sp³-hybridized carbons (Fsp3) is 0.833. The molecule has 0 aromatic heterocycles. The second-order valence-corrected chi connectivity index (χ2v) is 5.13. The van der Waals surface area contributed by atoms with Crippen molar-refractivity contribution in [2.45, 2.75) is 38.5 Å². The largest absolute Gasteiger partial charge is 0.409 e. The number of amidine groups is 1. The van der Waals surface area contributed by atoms with Crippen LogP contribution in [0.5, 0.6) is 0 Å². The van der Waals surface area contributed by atoms with Crippen molar-refractivity contribution < 1.29 is 10.0 Å². The Morgan fingerprint density at radius 2 is 1.82 bits per heavy atom. The number of hydrogen-bond acceptors (Lipinski definition) is 3. The lowest BCUT2D eigenvalue weighted by Crippen LogP contribution is -2.46. The molecule has 17 heavy (non-hydrogen) atoms. The summed E-state index contributed by atoms with van der Waals surface area (Å²) in [5, 5.41) is 11.7. The Morgan fingerprint density at radius 1 is 1.18 bits per heavy atom. The molecule has 1 heterocycles. The van der Waals surface area contributed by atoms with Gasteiger partial charge in [-0.25, -0.2) is 0 Å². The third-order valence-electron chi connectivity index (χ3n) is 3.97. The van der Waals surface area contributed by atoms with E-state index >= 15 is 0 Å². The van der Waals surface area contributed by atoms with Crippen LogP contribution in [0, 0.1) is 11.8 Å². The van der Waals surface area contributed by atoms with Crippen molar-refractivity contribution in [3.8, 4) is 0 Å². The van der Waals surface area contributed by atoms with Crippen LogP contribution in [0.15, 0.2) is 5.16 Å². The van der Waals surface area contributed by atoms with Gasteiger partial charge in [-0.1, -0.05) is 18.0 Å². The Bertz CT molecular complexity index is 311. The molecule has 2 rings (SSSR count). The van der Waals surface area contributed by atoms with Gasteiger partial charge in [0.1, 0.15) is 5.84 Å². The molecule has 0 bridgehead atoms. The highest BCUT2D eigenvalue weighted by atomic mass is 16.4. The first-order valence-electron chi connectivity index (χ1n) is 6.48. The lowest BCUT2D eigenvalue weighted by Gasteiger charge is -2.33. The van der Waals surface area contributed by atoms with Crippen LogP contribution in [0.3, 0.4) is 0 Å². The number of hydrogen-bond donors (Lipinski definition) is 2. The summed E-state index contributed by atoms with van der Waals surface area (Å²) >= 11 is 0. The zero-order chi connectivity index (χ0) is 12.3. The van der Waals surface area contributed by atoms with Crippen molar-refractivity contribution in [1.82, 2.24) is 4.90 Å². The van der Waals surface area contributed by atoms with Crippen LogP contribution in [0.4, 0.5) is 0 Å². The van der Waals surface area contributed by atoms with Crippen molar-refractivity contribution in [3.63, 3.8) is 0 Å². The van der Waals surface area contributed by atoms with Gasteiger partial charge in [0.2, 0.25) is 5.91 Å². The van der Waals surface area contributed by atoms with Gasteiger partial charge < -0.3 is 15.8 Å². The molecule has 1 aliphatic carbocycles. The molecule has 5 nitrogen and oxygen atoms in total. The second kappa shape index (κ2) is 5.38. The van der Waals surface area contributed by atoms with E-state index in [0.29, 0.717) is 6.54 Å². The fourth-order valence-corrected chi connectivity index (χ4v) is 2.93. The van der Waals surface area contributed by atoms with Crippen molar-refractivity contribution in [2.24, 2.45) is 22.7 Å². The van der Waals surface area contributed by atoms with Gasteiger partial charge in [-0.3, -0.25) is 4.79 Å². The molecule has 1 aliphatic heterocycles. The quantitative estimate of drug-likeness (QED) is 0.328. The lowest BCUT2D eigenvalue weighted by atomic mass is 9.95. The van der Waals surface area contributed by atoms with E-state index in [9.17, 15) is 4.79 Å². The van der Waals surface area contributed by atoms with Gasteiger partial charge in [0.05, 0.1) is 0 Å². The number of carbonyl (C=O) groups is 1. The van der Waals surface area contributed by atoms with E-state index in [2.05, 4.69) is 5.16 Å². The monoisotopic (exact) mass is 239 g/mol. The van der Waals surface area contributed by atoms with Gasteiger partial charge in [-0.15, -0.1) is 0 Å². The molecule has 0 radical (unpaired) electrons. The molecule has 0 aromatic rings. The molecule has 5 heteroatoms. The van der Waals surface area contributed by atoms with E-state index in [1.807, 2.05) is 4.90 Å². The summed E-state index contributed by atoms with van der Waals surface area (Å²) in [6.07, 6.45) is 6.26. The summed E-state index contributed by atoms with van der Waals surface area (Å²) in [4.78, 5) is 14.1. The summed E-state index contributed by atoms with van der Waals surface area (Å²) < 4.78 is 0. The average molecular weight is 239 g/mol. The standard InChI is InChI=1S/C12H21N3O2/c13-11(14-17)10-6-3-7-15(8-10)12(16)9-4-1-2-5-9/h9-10,17H,1-8H2,(H2,13,14). The van der Waals surface area contributed by atoms with Crippen LogP contribution in [-0.2, 0) is 4.79 Å². The number of piperidine rings is 1. The summed E-state index contributed by atoms with van der Waals surface area (Å²) in [6.45, 7) is 1.44. The first-order valence-corrected chi connectivity index (χ1v) is 6.48. The molecule has 0 aromatic carbocycles. The molecular formula is C12H21N3O2. The van der Waals surface area contributed by atoms with Gasteiger partial charge in [-0.2, -0.15) is 0 Å². The molecule has 1 amide bonds. The Balaban J connectivity index is 1.94. The van der Waals surface area contributed by atoms with Gasteiger partial charge in [0, 0.05) is 24.9 Å². The molecule has 0 spiro atoms. The van der Waals surface area contributed by atoms with Gasteiger partial charge in [0.25, 0.3) is 0 Å². The van der Waals surface area contributed by atoms with Crippen LogP contribution < -0.4 is 5.73 Å². The maximum atomic E-state index is 12.2. The molecule has 1 saturated carbocycles. The maximum Gasteiger partial charge on any atom is 0.225 e. The predicted octanol–water partition coefficient (Wildman–Crippen LogP) is 1.16. The van der Waals surface area contributed by atoms with Crippen LogP contribution in [0.1, 0.15) is 38.5 Å². The fourth-order valence-electron chi connectivity index (χ4n) is 2.93. The molecular weight excluding hydrogens is 218 g/mol. The Labute approximate surface area is 102 Å². The number of likely N-dealkylation sites (tertiary alicyclic amines) is 1. The van der Waals surface area contributed by atoms with Crippen LogP contribution >= 0.6 is 0 Å².